The number of sulfone groups is 1. The number of halogens is 1. The van der Waals surface area contributed by atoms with Crippen molar-refractivity contribution in [3.8, 4) is 0 Å². The SMILES string of the molecule is Cl.Nc1cccn(C2CCS(=O)(=O)C2)c1=O. The number of nitrogen functional groups attached to an aromatic ring is 1. The van der Waals surface area contributed by atoms with Gasteiger partial charge < -0.3 is 10.3 Å². The first kappa shape index (κ1) is 13.1. The van der Waals surface area contributed by atoms with E-state index in [0.717, 1.165) is 0 Å². The molecule has 1 aromatic heterocycles. The Labute approximate surface area is 99.6 Å². The molecule has 1 unspecified atom stereocenters. The zero-order chi connectivity index (χ0) is 11.1. The zero-order valence-corrected chi connectivity index (χ0v) is 10.1. The Bertz CT molecular complexity index is 538. The molecule has 1 aromatic rings. The van der Waals surface area contributed by atoms with Crippen molar-refractivity contribution in [2.45, 2.75) is 12.5 Å². The van der Waals surface area contributed by atoms with Crippen LogP contribution in [0, 0.1) is 0 Å². The second kappa shape index (κ2) is 4.47. The predicted molar refractivity (Wildman–Crippen MR) is 64.7 cm³/mol. The lowest BCUT2D eigenvalue weighted by Crippen LogP contribution is -2.26. The minimum Gasteiger partial charge on any atom is -0.394 e. The first-order valence-corrected chi connectivity index (χ1v) is 6.49. The van der Waals surface area contributed by atoms with Crippen LogP contribution in [0.2, 0.25) is 0 Å². The molecule has 0 amide bonds. The largest absolute Gasteiger partial charge is 0.394 e. The number of aromatic nitrogens is 1. The third kappa shape index (κ3) is 2.38. The number of hydrogen-bond acceptors (Lipinski definition) is 4. The van der Waals surface area contributed by atoms with Crippen molar-refractivity contribution in [1.29, 1.82) is 0 Å². The molecule has 16 heavy (non-hydrogen) atoms. The quantitative estimate of drug-likeness (QED) is 0.786. The molecule has 0 aromatic carbocycles. The summed E-state index contributed by atoms with van der Waals surface area (Å²) in [6, 6.07) is 2.91. The van der Waals surface area contributed by atoms with Crippen molar-refractivity contribution in [2.24, 2.45) is 0 Å². The summed E-state index contributed by atoms with van der Waals surface area (Å²) in [5.74, 6) is 0.190. The Balaban J connectivity index is 0.00000128. The molecule has 1 fully saturated rings. The molecular formula is C9H13ClN2O3S. The smallest absolute Gasteiger partial charge is 0.273 e. The zero-order valence-electron chi connectivity index (χ0n) is 8.50. The average Bonchev–Trinajstić information content (AvgIpc) is 2.51. The van der Waals surface area contributed by atoms with Gasteiger partial charge in [0.1, 0.15) is 0 Å². The third-order valence-corrected chi connectivity index (χ3v) is 4.36. The van der Waals surface area contributed by atoms with E-state index in [4.69, 9.17) is 5.73 Å². The summed E-state index contributed by atoms with van der Waals surface area (Å²) in [4.78, 5) is 11.6. The van der Waals surface area contributed by atoms with Crippen molar-refractivity contribution < 1.29 is 8.42 Å². The van der Waals surface area contributed by atoms with Crippen molar-refractivity contribution in [2.75, 3.05) is 17.2 Å². The molecule has 1 saturated heterocycles. The van der Waals surface area contributed by atoms with E-state index in [0.29, 0.717) is 6.42 Å². The number of nitrogens with two attached hydrogens (primary N) is 1. The van der Waals surface area contributed by atoms with Crippen molar-refractivity contribution >= 4 is 27.9 Å². The van der Waals surface area contributed by atoms with Crippen LogP contribution < -0.4 is 11.3 Å². The monoisotopic (exact) mass is 264 g/mol. The summed E-state index contributed by atoms with van der Waals surface area (Å²) in [5.41, 5.74) is 5.32. The summed E-state index contributed by atoms with van der Waals surface area (Å²) in [6.07, 6.45) is 2.08. The van der Waals surface area contributed by atoms with Crippen molar-refractivity contribution in [3.05, 3.63) is 28.7 Å². The van der Waals surface area contributed by atoms with E-state index in [1.807, 2.05) is 0 Å². The molecule has 2 N–H and O–H groups in total. The maximum atomic E-state index is 11.6. The molecule has 0 spiro atoms. The predicted octanol–water partition coefficient (Wildman–Crippen LogP) is 0.212. The van der Waals surface area contributed by atoms with Gasteiger partial charge in [0.2, 0.25) is 0 Å². The third-order valence-electron chi connectivity index (χ3n) is 2.61. The van der Waals surface area contributed by atoms with E-state index in [2.05, 4.69) is 0 Å². The van der Waals surface area contributed by atoms with Crippen LogP contribution in [0.4, 0.5) is 5.69 Å². The molecule has 1 atom stereocenters. The van der Waals surface area contributed by atoms with Gasteiger partial charge in [0.05, 0.1) is 23.2 Å². The maximum Gasteiger partial charge on any atom is 0.273 e. The number of rotatable bonds is 1. The molecule has 7 heteroatoms. The van der Waals surface area contributed by atoms with Gasteiger partial charge in [-0.05, 0) is 18.6 Å². The van der Waals surface area contributed by atoms with Gasteiger partial charge in [0, 0.05) is 6.20 Å². The van der Waals surface area contributed by atoms with E-state index in [9.17, 15) is 13.2 Å². The Morgan fingerprint density at radius 1 is 1.44 bits per heavy atom. The van der Waals surface area contributed by atoms with Crippen LogP contribution in [0.3, 0.4) is 0 Å². The van der Waals surface area contributed by atoms with E-state index in [1.165, 1.54) is 10.6 Å². The Kier molecular flexibility index (Phi) is 3.64. The highest BCUT2D eigenvalue weighted by Crippen LogP contribution is 2.21. The second-order valence-corrected chi connectivity index (χ2v) is 5.96. The summed E-state index contributed by atoms with van der Waals surface area (Å²) in [6.45, 7) is 0. The lowest BCUT2D eigenvalue weighted by Gasteiger charge is -2.11. The lowest BCUT2D eigenvalue weighted by molar-refractivity contribution is 0.539. The first-order chi connectivity index (χ1) is 6.99. The van der Waals surface area contributed by atoms with Gasteiger partial charge in [-0.3, -0.25) is 4.79 Å². The number of anilines is 1. The molecule has 0 bridgehead atoms. The molecule has 0 aliphatic carbocycles. The van der Waals surface area contributed by atoms with Crippen LogP contribution in [-0.4, -0.2) is 24.5 Å². The molecule has 2 heterocycles. The summed E-state index contributed by atoms with van der Waals surface area (Å²) < 4.78 is 23.9. The summed E-state index contributed by atoms with van der Waals surface area (Å²) in [7, 11) is -2.97. The fourth-order valence-corrected chi connectivity index (χ4v) is 3.52. The minimum absolute atomic E-state index is 0. The van der Waals surface area contributed by atoms with Crippen LogP contribution >= 0.6 is 12.4 Å². The van der Waals surface area contributed by atoms with Crippen LogP contribution in [0.1, 0.15) is 12.5 Å². The average molecular weight is 265 g/mol. The fraction of sp³-hybridized carbons (Fsp3) is 0.444. The van der Waals surface area contributed by atoms with E-state index in [1.54, 1.807) is 12.3 Å². The highest BCUT2D eigenvalue weighted by Gasteiger charge is 2.29. The van der Waals surface area contributed by atoms with Gasteiger partial charge >= 0.3 is 0 Å². The van der Waals surface area contributed by atoms with Crippen LogP contribution in [0.25, 0.3) is 0 Å². The molecule has 1 aliphatic rings. The van der Waals surface area contributed by atoms with Crippen LogP contribution in [-0.2, 0) is 9.84 Å². The van der Waals surface area contributed by atoms with E-state index in [-0.39, 0.29) is 41.2 Å². The highest BCUT2D eigenvalue weighted by atomic mass is 35.5. The van der Waals surface area contributed by atoms with Crippen molar-refractivity contribution in [3.63, 3.8) is 0 Å². The van der Waals surface area contributed by atoms with Gasteiger partial charge in [-0.25, -0.2) is 8.42 Å². The Morgan fingerprint density at radius 2 is 2.12 bits per heavy atom. The normalized spacial score (nSPS) is 22.6. The fourth-order valence-electron chi connectivity index (χ4n) is 1.81. The van der Waals surface area contributed by atoms with Gasteiger partial charge in [-0.2, -0.15) is 0 Å². The Hall–Kier alpha value is -1.01. The Morgan fingerprint density at radius 3 is 2.69 bits per heavy atom. The highest BCUT2D eigenvalue weighted by molar-refractivity contribution is 7.91. The van der Waals surface area contributed by atoms with Gasteiger partial charge in [0.15, 0.2) is 9.84 Å². The molecule has 2 rings (SSSR count). The summed E-state index contributed by atoms with van der Waals surface area (Å²) in [5, 5.41) is 0. The topological polar surface area (TPSA) is 82.2 Å². The maximum absolute atomic E-state index is 11.6. The molecule has 0 saturated carbocycles. The minimum atomic E-state index is -2.97. The molecular weight excluding hydrogens is 252 g/mol. The van der Waals surface area contributed by atoms with Crippen LogP contribution in [0.15, 0.2) is 23.1 Å². The van der Waals surface area contributed by atoms with E-state index >= 15 is 0 Å². The standard InChI is InChI=1S/C9H12N2O3S.ClH/c10-8-2-1-4-11(9(8)12)7-3-5-15(13,14)6-7;/h1-2,4,7H,3,5-6,10H2;1H. The van der Waals surface area contributed by atoms with Gasteiger partial charge in [-0.15, -0.1) is 12.4 Å². The number of pyridine rings is 1. The van der Waals surface area contributed by atoms with Gasteiger partial charge in [-0.1, -0.05) is 0 Å². The number of hydrogen-bond donors (Lipinski definition) is 1. The molecule has 5 nitrogen and oxygen atoms in total. The van der Waals surface area contributed by atoms with Crippen LogP contribution in [0.5, 0.6) is 0 Å². The second-order valence-electron chi connectivity index (χ2n) is 3.73. The summed E-state index contributed by atoms with van der Waals surface area (Å²) >= 11 is 0. The number of nitrogens with zero attached hydrogens (tertiary/aromatic N) is 1. The molecule has 1 aliphatic heterocycles. The lowest BCUT2D eigenvalue weighted by atomic mass is 10.2. The molecule has 0 radical (unpaired) electrons. The van der Waals surface area contributed by atoms with Crippen molar-refractivity contribution in [1.82, 2.24) is 4.57 Å². The van der Waals surface area contributed by atoms with E-state index < -0.39 is 9.84 Å². The first-order valence-electron chi connectivity index (χ1n) is 4.67. The van der Waals surface area contributed by atoms with Gasteiger partial charge in [0.25, 0.3) is 5.56 Å². The molecule has 90 valence electrons.